The Hall–Kier alpha value is -1.77. The Bertz CT molecular complexity index is 544. The van der Waals surface area contributed by atoms with Crippen LogP contribution in [0.5, 0.6) is 0 Å². The van der Waals surface area contributed by atoms with Gasteiger partial charge in [-0.3, -0.25) is 4.98 Å². The Morgan fingerprint density at radius 1 is 1.17 bits per heavy atom. The van der Waals surface area contributed by atoms with Gasteiger partial charge in [0.1, 0.15) is 0 Å². The Balaban J connectivity index is 2.49. The minimum Gasteiger partial charge on any atom is -0.398 e. The Kier molecular flexibility index (Phi) is 3.41. The van der Waals surface area contributed by atoms with Gasteiger partial charge in [-0.25, -0.2) is 0 Å². The van der Waals surface area contributed by atoms with E-state index in [1.54, 1.807) is 6.20 Å². The molecule has 0 aliphatic heterocycles. The molecule has 1 heterocycles. The molecular formula is C15H21N3. The van der Waals surface area contributed by atoms with E-state index < -0.39 is 0 Å². The summed E-state index contributed by atoms with van der Waals surface area (Å²) >= 11 is 0. The quantitative estimate of drug-likeness (QED) is 0.803. The zero-order chi connectivity index (χ0) is 13.2. The van der Waals surface area contributed by atoms with E-state index in [1.807, 2.05) is 24.4 Å². The van der Waals surface area contributed by atoms with Crippen molar-refractivity contribution in [1.29, 1.82) is 0 Å². The van der Waals surface area contributed by atoms with Crippen molar-refractivity contribution in [3.05, 3.63) is 30.6 Å². The number of nitrogens with one attached hydrogen (secondary N) is 1. The molecule has 18 heavy (non-hydrogen) atoms. The lowest BCUT2D eigenvalue weighted by Gasteiger charge is -2.30. The van der Waals surface area contributed by atoms with Crippen LogP contribution in [0.4, 0.5) is 11.4 Å². The van der Waals surface area contributed by atoms with Crippen molar-refractivity contribution >= 4 is 22.1 Å². The summed E-state index contributed by atoms with van der Waals surface area (Å²) < 4.78 is 0. The summed E-state index contributed by atoms with van der Waals surface area (Å²) in [5, 5.41) is 5.78. The number of anilines is 2. The second-order valence-corrected chi connectivity index (χ2v) is 5.02. The first-order valence-corrected chi connectivity index (χ1v) is 6.50. The molecule has 0 bridgehead atoms. The highest BCUT2D eigenvalue weighted by Gasteiger charge is 2.20. The second kappa shape index (κ2) is 4.84. The summed E-state index contributed by atoms with van der Waals surface area (Å²) in [5.74, 6) is 0. The van der Waals surface area contributed by atoms with Crippen molar-refractivity contribution in [3.8, 4) is 0 Å². The number of pyridine rings is 1. The molecule has 3 heteroatoms. The van der Waals surface area contributed by atoms with Crippen LogP contribution in [0.1, 0.15) is 33.6 Å². The minimum atomic E-state index is 0.110. The van der Waals surface area contributed by atoms with Crippen LogP contribution < -0.4 is 11.1 Å². The fourth-order valence-electron chi connectivity index (χ4n) is 2.07. The summed E-state index contributed by atoms with van der Waals surface area (Å²) in [6.45, 7) is 6.65. The maximum atomic E-state index is 6.00. The number of benzene rings is 1. The van der Waals surface area contributed by atoms with Crippen LogP contribution in [-0.2, 0) is 0 Å². The van der Waals surface area contributed by atoms with E-state index in [0.717, 1.165) is 35.0 Å². The molecule has 1 aromatic heterocycles. The molecule has 0 saturated heterocycles. The van der Waals surface area contributed by atoms with Crippen LogP contribution in [0.3, 0.4) is 0 Å². The summed E-state index contributed by atoms with van der Waals surface area (Å²) in [7, 11) is 0. The maximum Gasteiger partial charge on any atom is 0.0441 e. The van der Waals surface area contributed by atoms with Gasteiger partial charge >= 0.3 is 0 Å². The summed E-state index contributed by atoms with van der Waals surface area (Å²) in [6, 6.07) is 5.96. The topological polar surface area (TPSA) is 50.9 Å². The fourth-order valence-corrected chi connectivity index (χ4v) is 2.07. The molecule has 1 aromatic carbocycles. The summed E-state index contributed by atoms with van der Waals surface area (Å²) in [6.07, 6.45) is 5.81. The molecule has 0 unspecified atom stereocenters. The third kappa shape index (κ3) is 2.26. The van der Waals surface area contributed by atoms with Crippen molar-refractivity contribution in [1.82, 2.24) is 4.98 Å². The fraction of sp³-hybridized carbons (Fsp3) is 0.400. The van der Waals surface area contributed by atoms with Gasteiger partial charge in [-0.05, 0) is 38.0 Å². The van der Waals surface area contributed by atoms with Gasteiger partial charge in [-0.1, -0.05) is 13.8 Å². The number of nitrogens with zero attached hydrogens (tertiary/aromatic N) is 1. The molecule has 0 radical (unpaired) electrons. The highest BCUT2D eigenvalue weighted by atomic mass is 15.0. The number of nitrogen functional groups attached to an aromatic ring is 1. The molecule has 96 valence electrons. The van der Waals surface area contributed by atoms with Crippen molar-refractivity contribution < 1.29 is 0 Å². The summed E-state index contributed by atoms with van der Waals surface area (Å²) in [4.78, 5) is 4.20. The van der Waals surface area contributed by atoms with E-state index in [1.165, 1.54) is 0 Å². The molecule has 3 nitrogen and oxygen atoms in total. The molecule has 0 saturated carbocycles. The smallest absolute Gasteiger partial charge is 0.0441 e. The van der Waals surface area contributed by atoms with Crippen LogP contribution in [-0.4, -0.2) is 10.5 Å². The summed E-state index contributed by atoms with van der Waals surface area (Å²) in [5.41, 5.74) is 8.02. The van der Waals surface area contributed by atoms with Gasteiger partial charge in [0.15, 0.2) is 0 Å². The molecule has 3 N–H and O–H groups in total. The van der Waals surface area contributed by atoms with Gasteiger partial charge in [-0.15, -0.1) is 0 Å². The normalized spacial score (nSPS) is 11.7. The van der Waals surface area contributed by atoms with E-state index >= 15 is 0 Å². The molecule has 0 spiro atoms. The lowest BCUT2D eigenvalue weighted by Crippen LogP contribution is -2.33. The van der Waals surface area contributed by atoms with Crippen LogP contribution >= 0.6 is 0 Å². The van der Waals surface area contributed by atoms with Crippen molar-refractivity contribution in [2.24, 2.45) is 0 Å². The zero-order valence-corrected chi connectivity index (χ0v) is 11.3. The second-order valence-electron chi connectivity index (χ2n) is 5.02. The van der Waals surface area contributed by atoms with Crippen LogP contribution in [0.15, 0.2) is 30.6 Å². The Morgan fingerprint density at radius 2 is 1.89 bits per heavy atom. The maximum absolute atomic E-state index is 6.00. The Morgan fingerprint density at radius 3 is 2.56 bits per heavy atom. The number of hydrogen-bond donors (Lipinski definition) is 2. The molecule has 0 aliphatic rings. The highest BCUT2D eigenvalue weighted by molar-refractivity contribution is 6.00. The Labute approximate surface area is 108 Å². The number of hydrogen-bond acceptors (Lipinski definition) is 3. The first kappa shape index (κ1) is 12.7. The van der Waals surface area contributed by atoms with Gasteiger partial charge in [0.05, 0.1) is 0 Å². The van der Waals surface area contributed by atoms with Gasteiger partial charge in [-0.2, -0.15) is 0 Å². The van der Waals surface area contributed by atoms with Crippen molar-refractivity contribution in [2.75, 3.05) is 11.1 Å². The number of fused-ring (bicyclic) bond motifs is 1. The first-order chi connectivity index (χ1) is 8.59. The lowest BCUT2D eigenvalue weighted by atomic mass is 9.94. The van der Waals surface area contributed by atoms with Gasteiger partial charge < -0.3 is 11.1 Å². The van der Waals surface area contributed by atoms with Gasteiger partial charge in [0, 0.05) is 40.1 Å². The first-order valence-electron chi connectivity index (χ1n) is 6.50. The molecule has 0 atom stereocenters. The lowest BCUT2D eigenvalue weighted by molar-refractivity contribution is 0.479. The molecule has 0 amide bonds. The van der Waals surface area contributed by atoms with Crippen LogP contribution in [0.25, 0.3) is 10.8 Å². The monoisotopic (exact) mass is 243 g/mol. The largest absolute Gasteiger partial charge is 0.398 e. The van der Waals surface area contributed by atoms with E-state index in [9.17, 15) is 0 Å². The third-order valence-electron chi connectivity index (χ3n) is 3.85. The van der Waals surface area contributed by atoms with Crippen LogP contribution in [0.2, 0.25) is 0 Å². The molecule has 0 aliphatic carbocycles. The standard InChI is InChI=1S/C15H21N3/c1-4-15(3,5-2)18-14-7-6-13(16)11-8-9-17-10-12(11)14/h6-10,18H,4-5,16H2,1-3H3. The van der Waals surface area contributed by atoms with E-state index in [0.29, 0.717) is 0 Å². The van der Waals surface area contributed by atoms with Gasteiger partial charge in [0.2, 0.25) is 0 Å². The number of nitrogens with two attached hydrogens (primary N) is 1. The minimum absolute atomic E-state index is 0.110. The molecule has 2 rings (SSSR count). The van der Waals surface area contributed by atoms with E-state index in [4.69, 9.17) is 5.73 Å². The predicted octanol–water partition coefficient (Wildman–Crippen LogP) is 3.81. The highest BCUT2D eigenvalue weighted by Crippen LogP contribution is 2.31. The van der Waals surface area contributed by atoms with E-state index in [2.05, 4.69) is 31.1 Å². The van der Waals surface area contributed by atoms with E-state index in [-0.39, 0.29) is 5.54 Å². The third-order valence-corrected chi connectivity index (χ3v) is 3.85. The number of aromatic nitrogens is 1. The SMILES string of the molecule is CCC(C)(CC)Nc1ccc(N)c2ccncc12. The van der Waals surface area contributed by atoms with Gasteiger partial charge in [0.25, 0.3) is 0 Å². The number of rotatable bonds is 4. The van der Waals surface area contributed by atoms with Crippen molar-refractivity contribution in [3.63, 3.8) is 0 Å². The predicted molar refractivity (Wildman–Crippen MR) is 78.8 cm³/mol. The average molecular weight is 243 g/mol. The average Bonchev–Trinajstić information content (AvgIpc) is 2.42. The zero-order valence-electron chi connectivity index (χ0n) is 11.3. The van der Waals surface area contributed by atoms with Crippen molar-refractivity contribution in [2.45, 2.75) is 39.2 Å². The molecule has 2 aromatic rings. The molecule has 0 fully saturated rings. The van der Waals surface area contributed by atoms with Crippen LogP contribution in [0, 0.1) is 0 Å². The molecular weight excluding hydrogens is 222 g/mol.